The highest BCUT2D eigenvalue weighted by Crippen LogP contribution is 2.14. The summed E-state index contributed by atoms with van der Waals surface area (Å²) in [5, 5.41) is 17.0. The van der Waals surface area contributed by atoms with Crippen molar-refractivity contribution < 1.29 is 5.11 Å². The molecule has 0 fully saturated rings. The zero-order valence-corrected chi connectivity index (χ0v) is 11.7. The smallest absolute Gasteiger partial charge is 0.124 e. The number of anilines is 1. The van der Waals surface area contributed by atoms with Gasteiger partial charge in [-0.15, -0.1) is 0 Å². The topological polar surface area (TPSA) is 50.1 Å². The van der Waals surface area contributed by atoms with Gasteiger partial charge >= 0.3 is 0 Å². The van der Waals surface area contributed by atoms with Gasteiger partial charge in [-0.1, -0.05) is 12.1 Å². The molecule has 0 radical (unpaired) electrons. The van der Waals surface area contributed by atoms with Crippen LogP contribution in [0, 0.1) is 6.92 Å². The molecule has 1 heterocycles. The first-order valence-electron chi connectivity index (χ1n) is 6.59. The van der Waals surface area contributed by atoms with Crippen LogP contribution >= 0.6 is 0 Å². The zero-order valence-electron chi connectivity index (χ0n) is 11.7. The van der Waals surface area contributed by atoms with E-state index in [1.165, 1.54) is 5.56 Å². The average Bonchev–Trinajstić information content (AvgIpc) is 2.67. The Hall–Kier alpha value is -1.97. The van der Waals surface area contributed by atoms with Crippen LogP contribution in [0.25, 0.3) is 0 Å². The maximum absolute atomic E-state index is 9.24. The van der Waals surface area contributed by atoms with E-state index in [0.29, 0.717) is 11.8 Å². The van der Waals surface area contributed by atoms with E-state index in [9.17, 15) is 5.11 Å². The lowest BCUT2D eigenvalue weighted by atomic mass is 10.1. The summed E-state index contributed by atoms with van der Waals surface area (Å²) in [5.74, 6) is 1.37. The van der Waals surface area contributed by atoms with Crippen molar-refractivity contribution >= 4 is 5.82 Å². The SMILES string of the molecule is Cc1cc(N[C@@H](C)CCc2ccc(O)cc2)n(C)n1. The molecule has 0 aliphatic heterocycles. The molecule has 0 bridgehead atoms. The second kappa shape index (κ2) is 5.78. The molecule has 0 saturated carbocycles. The Bertz CT molecular complexity index is 531. The molecule has 0 saturated heterocycles. The number of benzene rings is 1. The first-order chi connectivity index (χ1) is 9.04. The monoisotopic (exact) mass is 259 g/mol. The number of hydrogen-bond acceptors (Lipinski definition) is 3. The Morgan fingerprint density at radius 1 is 1.32 bits per heavy atom. The van der Waals surface area contributed by atoms with Crippen molar-refractivity contribution in [1.82, 2.24) is 9.78 Å². The molecular formula is C15H21N3O. The molecule has 102 valence electrons. The summed E-state index contributed by atoms with van der Waals surface area (Å²) in [7, 11) is 1.95. The summed E-state index contributed by atoms with van der Waals surface area (Å²) in [6.45, 7) is 4.16. The van der Waals surface area contributed by atoms with Gasteiger partial charge in [-0.25, -0.2) is 0 Å². The number of aryl methyl sites for hydroxylation is 3. The summed E-state index contributed by atoms with van der Waals surface area (Å²) in [6, 6.07) is 9.84. The summed E-state index contributed by atoms with van der Waals surface area (Å²) >= 11 is 0. The van der Waals surface area contributed by atoms with Crippen LogP contribution in [-0.2, 0) is 13.5 Å². The van der Waals surface area contributed by atoms with Crippen LogP contribution in [0.5, 0.6) is 5.75 Å². The predicted molar refractivity (Wildman–Crippen MR) is 77.5 cm³/mol. The molecule has 2 aromatic rings. The number of nitrogens with one attached hydrogen (secondary N) is 1. The molecule has 4 heteroatoms. The van der Waals surface area contributed by atoms with Crippen molar-refractivity contribution in [3.63, 3.8) is 0 Å². The highest BCUT2D eigenvalue weighted by atomic mass is 16.3. The molecule has 19 heavy (non-hydrogen) atoms. The van der Waals surface area contributed by atoms with Gasteiger partial charge in [-0.3, -0.25) is 4.68 Å². The molecule has 4 nitrogen and oxygen atoms in total. The molecule has 0 aliphatic carbocycles. The molecule has 1 aromatic carbocycles. The number of hydrogen-bond donors (Lipinski definition) is 2. The van der Waals surface area contributed by atoms with Gasteiger partial charge in [0.05, 0.1) is 5.69 Å². The van der Waals surface area contributed by atoms with E-state index in [-0.39, 0.29) is 0 Å². The highest BCUT2D eigenvalue weighted by molar-refractivity contribution is 5.37. The van der Waals surface area contributed by atoms with Gasteiger partial charge in [0.1, 0.15) is 11.6 Å². The fourth-order valence-electron chi connectivity index (χ4n) is 2.12. The maximum Gasteiger partial charge on any atom is 0.124 e. The van der Waals surface area contributed by atoms with Gasteiger partial charge in [-0.05, 0) is 44.4 Å². The summed E-state index contributed by atoms with van der Waals surface area (Å²) < 4.78 is 1.87. The van der Waals surface area contributed by atoms with Crippen molar-refractivity contribution in [1.29, 1.82) is 0 Å². The van der Waals surface area contributed by atoms with Crippen LogP contribution in [0.15, 0.2) is 30.3 Å². The van der Waals surface area contributed by atoms with Crippen molar-refractivity contribution in [2.75, 3.05) is 5.32 Å². The van der Waals surface area contributed by atoms with Crippen molar-refractivity contribution in [3.05, 3.63) is 41.6 Å². The first-order valence-corrected chi connectivity index (χ1v) is 6.59. The standard InChI is InChI=1S/C15H21N3O/c1-11(16-15-10-12(2)17-18(15)3)4-5-13-6-8-14(19)9-7-13/h6-11,16,19H,4-5H2,1-3H3/t11-/m0/s1. The van der Waals surface area contributed by atoms with Gasteiger partial charge in [0, 0.05) is 19.2 Å². The average molecular weight is 259 g/mol. The number of aromatic nitrogens is 2. The molecule has 0 amide bonds. The fourth-order valence-corrected chi connectivity index (χ4v) is 2.12. The van der Waals surface area contributed by atoms with E-state index in [4.69, 9.17) is 0 Å². The van der Waals surface area contributed by atoms with Crippen LogP contribution in [0.1, 0.15) is 24.6 Å². The van der Waals surface area contributed by atoms with Crippen LogP contribution < -0.4 is 5.32 Å². The molecule has 0 unspecified atom stereocenters. The minimum absolute atomic E-state index is 0.320. The Balaban J connectivity index is 1.86. The Labute approximate surface area is 114 Å². The lowest BCUT2D eigenvalue weighted by Gasteiger charge is -2.15. The van der Waals surface area contributed by atoms with Gasteiger partial charge < -0.3 is 10.4 Å². The normalized spacial score (nSPS) is 12.4. The summed E-state index contributed by atoms with van der Waals surface area (Å²) in [6.07, 6.45) is 2.03. The Kier molecular flexibility index (Phi) is 4.10. The number of nitrogens with zero attached hydrogens (tertiary/aromatic N) is 2. The number of phenols is 1. The zero-order chi connectivity index (χ0) is 13.8. The van der Waals surface area contributed by atoms with Crippen LogP contribution in [-0.4, -0.2) is 20.9 Å². The second-order valence-corrected chi connectivity index (χ2v) is 5.05. The van der Waals surface area contributed by atoms with Gasteiger partial charge in [0.25, 0.3) is 0 Å². The van der Waals surface area contributed by atoms with Crippen LogP contribution in [0.2, 0.25) is 0 Å². The van der Waals surface area contributed by atoms with E-state index in [0.717, 1.165) is 24.4 Å². The van der Waals surface area contributed by atoms with Gasteiger partial charge in [0.2, 0.25) is 0 Å². The number of rotatable bonds is 5. The molecule has 1 aromatic heterocycles. The Morgan fingerprint density at radius 2 is 2.00 bits per heavy atom. The first kappa shape index (κ1) is 13.5. The minimum Gasteiger partial charge on any atom is -0.508 e. The van der Waals surface area contributed by atoms with Gasteiger partial charge in [0.15, 0.2) is 0 Å². The fraction of sp³-hybridized carbons (Fsp3) is 0.400. The van der Waals surface area contributed by atoms with Crippen LogP contribution in [0.3, 0.4) is 0 Å². The van der Waals surface area contributed by atoms with Crippen molar-refractivity contribution in [2.45, 2.75) is 32.7 Å². The highest BCUT2D eigenvalue weighted by Gasteiger charge is 2.06. The van der Waals surface area contributed by atoms with E-state index < -0.39 is 0 Å². The molecule has 0 aliphatic rings. The van der Waals surface area contributed by atoms with E-state index >= 15 is 0 Å². The van der Waals surface area contributed by atoms with Gasteiger partial charge in [-0.2, -0.15) is 5.10 Å². The third kappa shape index (κ3) is 3.74. The number of aromatic hydroxyl groups is 1. The van der Waals surface area contributed by atoms with Crippen LogP contribution in [0.4, 0.5) is 5.82 Å². The summed E-state index contributed by atoms with van der Waals surface area (Å²) in [5.41, 5.74) is 2.27. The third-order valence-corrected chi connectivity index (χ3v) is 3.20. The third-order valence-electron chi connectivity index (χ3n) is 3.20. The lowest BCUT2D eigenvalue weighted by Crippen LogP contribution is -2.18. The number of phenolic OH excluding ortho intramolecular Hbond substituents is 1. The largest absolute Gasteiger partial charge is 0.508 e. The quantitative estimate of drug-likeness (QED) is 0.868. The summed E-state index contributed by atoms with van der Waals surface area (Å²) in [4.78, 5) is 0. The molecular weight excluding hydrogens is 238 g/mol. The maximum atomic E-state index is 9.24. The molecule has 2 rings (SSSR count). The minimum atomic E-state index is 0.320. The van der Waals surface area contributed by atoms with E-state index in [1.54, 1.807) is 12.1 Å². The van der Waals surface area contributed by atoms with E-state index in [2.05, 4.69) is 23.4 Å². The molecule has 0 spiro atoms. The van der Waals surface area contributed by atoms with Crippen molar-refractivity contribution in [2.24, 2.45) is 7.05 Å². The van der Waals surface area contributed by atoms with E-state index in [1.807, 2.05) is 30.8 Å². The lowest BCUT2D eigenvalue weighted by molar-refractivity contribution is 0.475. The molecule has 1 atom stereocenters. The molecule has 2 N–H and O–H groups in total. The second-order valence-electron chi connectivity index (χ2n) is 5.05. The predicted octanol–water partition coefficient (Wildman–Crippen LogP) is 2.87. The Morgan fingerprint density at radius 3 is 2.58 bits per heavy atom. The van der Waals surface area contributed by atoms with Crippen molar-refractivity contribution in [3.8, 4) is 5.75 Å².